The molecule has 0 aliphatic carbocycles. The lowest BCUT2D eigenvalue weighted by molar-refractivity contribution is -0.165. The summed E-state index contributed by atoms with van der Waals surface area (Å²) in [6, 6.07) is 0. The lowest BCUT2D eigenvalue weighted by Gasteiger charge is -2.48. The van der Waals surface area contributed by atoms with Gasteiger partial charge in [0.05, 0.1) is 22.4 Å². The summed E-state index contributed by atoms with van der Waals surface area (Å²) in [5, 5.41) is 0.819. The number of ether oxygens (including phenoxy) is 2. The van der Waals surface area contributed by atoms with Gasteiger partial charge >= 0.3 is 12.3 Å². The number of alkyl carbamates (subject to hydrolysis) is 1. The van der Waals surface area contributed by atoms with Crippen LogP contribution in [0.15, 0.2) is 39.0 Å². The first-order valence-electron chi connectivity index (χ1n) is 11.9. The monoisotopic (exact) mass is 584 g/mol. The van der Waals surface area contributed by atoms with Crippen molar-refractivity contribution in [2.45, 2.75) is 81.7 Å². The number of halogens is 5. The van der Waals surface area contributed by atoms with Gasteiger partial charge in [-0.15, -0.1) is 0 Å². The van der Waals surface area contributed by atoms with Crippen molar-refractivity contribution < 1.29 is 44.6 Å². The van der Waals surface area contributed by atoms with E-state index in [2.05, 4.69) is 31.7 Å². The van der Waals surface area contributed by atoms with Crippen molar-refractivity contribution >= 4 is 34.7 Å². The molecule has 15 heteroatoms. The van der Waals surface area contributed by atoms with E-state index in [0.29, 0.717) is 0 Å². The molecule has 1 unspecified atom stereocenters. The quantitative estimate of drug-likeness (QED) is 0.245. The van der Waals surface area contributed by atoms with Gasteiger partial charge in [-0.05, 0) is 61.1 Å². The summed E-state index contributed by atoms with van der Waals surface area (Å²) in [5.41, 5.74) is -4.98. The van der Waals surface area contributed by atoms with Crippen molar-refractivity contribution in [1.82, 2.24) is 5.32 Å². The standard InChI is InChI=1S/C24H33F5N4O5S/c1-8-15(26)21(5,13-31-17(11-30-7)37-14-24(27,28)29)22(6)16-9-10-23(12-25,39(16,35)36)18(33-22)32-19(34)38-20(2,3)4/h8,11,13,16H,7,9-10,12,14H2,1-6H3,(H,32,33,34)/b15-8+,17-11+,31-13-/t16-,21?,22-,23-/m0/s1. The van der Waals surface area contributed by atoms with Gasteiger partial charge in [-0.1, -0.05) is 6.08 Å². The molecule has 2 bridgehead atoms. The average molecular weight is 585 g/mol. The number of aliphatic imine (C=N–C) groups is 3. The van der Waals surface area contributed by atoms with Crippen LogP contribution in [-0.4, -0.2) is 73.9 Å². The zero-order valence-electron chi connectivity index (χ0n) is 22.5. The highest BCUT2D eigenvalue weighted by molar-refractivity contribution is 7.94. The van der Waals surface area contributed by atoms with Gasteiger partial charge in [0.15, 0.2) is 21.2 Å². The van der Waals surface area contributed by atoms with Crippen LogP contribution in [0.4, 0.5) is 26.7 Å². The normalized spacial score (nSPS) is 29.0. The van der Waals surface area contributed by atoms with Crippen molar-refractivity contribution in [3.8, 4) is 0 Å². The lowest BCUT2D eigenvalue weighted by Crippen LogP contribution is -2.65. The fourth-order valence-electron chi connectivity index (χ4n) is 4.64. The van der Waals surface area contributed by atoms with Crippen LogP contribution in [0, 0.1) is 5.41 Å². The van der Waals surface area contributed by atoms with E-state index in [1.807, 2.05) is 0 Å². The molecule has 1 fully saturated rings. The highest BCUT2D eigenvalue weighted by Gasteiger charge is 2.70. The molecule has 2 aliphatic rings. The van der Waals surface area contributed by atoms with E-state index in [4.69, 9.17) is 4.74 Å². The highest BCUT2D eigenvalue weighted by Crippen LogP contribution is 2.55. The van der Waals surface area contributed by atoms with E-state index in [9.17, 15) is 30.8 Å². The third kappa shape index (κ3) is 6.17. The Morgan fingerprint density at radius 2 is 1.90 bits per heavy atom. The largest absolute Gasteiger partial charge is 0.467 e. The molecular weight excluding hydrogens is 551 g/mol. The van der Waals surface area contributed by atoms with Crippen LogP contribution in [0.3, 0.4) is 0 Å². The second kappa shape index (κ2) is 11.0. The number of hydrogen-bond donors (Lipinski definition) is 1. The number of alkyl halides is 4. The molecule has 1 amide bonds. The Balaban J connectivity index is 2.74. The number of carbonyl (C=O) groups is 1. The van der Waals surface area contributed by atoms with Gasteiger partial charge in [0.25, 0.3) is 0 Å². The second-order valence-corrected chi connectivity index (χ2v) is 13.0. The highest BCUT2D eigenvalue weighted by atomic mass is 32.2. The number of nitrogens with zero attached hydrogens (tertiary/aromatic N) is 3. The molecular formula is C24H33F5N4O5S. The Bertz CT molecular complexity index is 1210. The molecule has 0 saturated carbocycles. The Labute approximate surface area is 224 Å². The Morgan fingerprint density at radius 1 is 1.28 bits per heavy atom. The number of carbonyl (C=O) groups excluding carboxylic acids is 1. The molecule has 9 nitrogen and oxygen atoms in total. The zero-order valence-corrected chi connectivity index (χ0v) is 23.3. The maximum Gasteiger partial charge on any atom is 0.422 e. The van der Waals surface area contributed by atoms with Gasteiger partial charge in [-0.2, -0.15) is 13.2 Å². The van der Waals surface area contributed by atoms with Crippen molar-refractivity contribution in [2.75, 3.05) is 13.3 Å². The Hall–Kier alpha value is -2.84. The molecule has 2 aliphatic heterocycles. The van der Waals surface area contributed by atoms with Gasteiger partial charge in [0.1, 0.15) is 23.9 Å². The maximum absolute atomic E-state index is 15.6. The number of amides is 1. The fourth-order valence-corrected chi connectivity index (χ4v) is 7.44. The van der Waals surface area contributed by atoms with Crippen LogP contribution >= 0.6 is 0 Å². The fraction of sp³-hybridized carbons (Fsp3) is 0.667. The molecule has 1 saturated heterocycles. The molecule has 2 heterocycles. The lowest BCUT2D eigenvalue weighted by atomic mass is 9.69. The van der Waals surface area contributed by atoms with Gasteiger partial charge in [0.2, 0.25) is 5.88 Å². The summed E-state index contributed by atoms with van der Waals surface area (Å²) in [4.78, 5) is 24.2. The van der Waals surface area contributed by atoms with Crippen molar-refractivity contribution in [1.29, 1.82) is 0 Å². The average Bonchev–Trinajstić information content (AvgIpc) is 2.99. The molecule has 0 spiro atoms. The Kier molecular flexibility index (Phi) is 9.10. The number of amidine groups is 1. The minimum absolute atomic E-state index is 0.145. The van der Waals surface area contributed by atoms with Crippen LogP contribution < -0.4 is 5.32 Å². The number of fused-ring (bicyclic) bond motifs is 2. The van der Waals surface area contributed by atoms with Gasteiger partial charge in [-0.3, -0.25) is 15.3 Å². The van der Waals surface area contributed by atoms with Gasteiger partial charge < -0.3 is 9.47 Å². The third-order valence-electron chi connectivity index (χ3n) is 6.80. The van der Waals surface area contributed by atoms with Crippen LogP contribution in [0.5, 0.6) is 0 Å². The summed E-state index contributed by atoms with van der Waals surface area (Å²) in [6.45, 7) is 8.52. The summed E-state index contributed by atoms with van der Waals surface area (Å²) < 4.78 is 103. The minimum Gasteiger partial charge on any atom is -0.467 e. The summed E-state index contributed by atoms with van der Waals surface area (Å²) in [6.07, 6.45) is -3.58. The maximum atomic E-state index is 15.6. The molecule has 0 aromatic rings. The molecule has 0 aromatic carbocycles. The molecule has 39 heavy (non-hydrogen) atoms. The Morgan fingerprint density at radius 3 is 2.38 bits per heavy atom. The molecule has 0 aromatic heterocycles. The smallest absolute Gasteiger partial charge is 0.422 e. The molecule has 1 N–H and O–H groups in total. The SMILES string of the molecule is C=N/C=C(\N=C/C(C)(/C(F)=C\C)[C@@]1(C)N=C(NC(=O)OC(C)(C)C)[C@@]2(CF)CC[C@@H]1S2(=O)=O)OCC(F)(F)F. The van der Waals surface area contributed by atoms with E-state index in [0.717, 1.165) is 18.5 Å². The number of hydrogen-bond acceptors (Lipinski definition) is 8. The first kappa shape index (κ1) is 32.4. The predicted octanol–water partition coefficient (Wildman–Crippen LogP) is 5.00. The van der Waals surface area contributed by atoms with Crippen molar-refractivity contribution in [2.24, 2.45) is 20.4 Å². The third-order valence-corrected chi connectivity index (χ3v) is 9.84. The summed E-state index contributed by atoms with van der Waals surface area (Å²) >= 11 is 0. The van der Waals surface area contributed by atoms with Crippen molar-refractivity contribution in [3.05, 3.63) is 24.0 Å². The van der Waals surface area contributed by atoms with E-state index in [-0.39, 0.29) is 12.8 Å². The first-order chi connectivity index (χ1) is 17.7. The van der Waals surface area contributed by atoms with E-state index in [1.165, 1.54) is 20.8 Å². The number of sulfone groups is 1. The predicted molar refractivity (Wildman–Crippen MR) is 137 cm³/mol. The number of rotatable bonds is 8. The van der Waals surface area contributed by atoms with Crippen molar-refractivity contribution in [3.63, 3.8) is 0 Å². The molecule has 220 valence electrons. The summed E-state index contributed by atoms with van der Waals surface area (Å²) in [5.74, 6) is -2.18. The van der Waals surface area contributed by atoms with Crippen LogP contribution in [0.25, 0.3) is 0 Å². The molecule has 2 rings (SSSR count). The van der Waals surface area contributed by atoms with E-state index < -0.39 is 79.5 Å². The number of allylic oxidation sites excluding steroid dienone is 1. The van der Waals surface area contributed by atoms with Gasteiger partial charge in [0, 0.05) is 6.21 Å². The minimum atomic E-state index is -4.72. The first-order valence-corrected chi connectivity index (χ1v) is 13.4. The summed E-state index contributed by atoms with van der Waals surface area (Å²) in [7, 11) is -4.44. The topological polar surface area (TPSA) is 119 Å². The zero-order chi connectivity index (χ0) is 30.1. The molecule has 0 radical (unpaired) electrons. The van der Waals surface area contributed by atoms with Crippen LogP contribution in [-0.2, 0) is 19.3 Å². The van der Waals surface area contributed by atoms with Crippen LogP contribution in [0.1, 0.15) is 54.4 Å². The van der Waals surface area contributed by atoms with E-state index in [1.54, 1.807) is 20.8 Å². The van der Waals surface area contributed by atoms with Crippen LogP contribution in [0.2, 0.25) is 0 Å². The second-order valence-electron chi connectivity index (χ2n) is 10.6. The number of nitrogens with one attached hydrogen (secondary N) is 1. The molecule has 4 atom stereocenters. The van der Waals surface area contributed by atoms with Gasteiger partial charge in [-0.25, -0.2) is 27.0 Å². The van der Waals surface area contributed by atoms with E-state index >= 15 is 4.39 Å².